The zero-order valence-corrected chi connectivity index (χ0v) is 14.5. The van der Waals surface area contributed by atoms with Crippen LogP contribution in [-0.4, -0.2) is 15.9 Å². The molecule has 2 heterocycles. The summed E-state index contributed by atoms with van der Waals surface area (Å²) in [5, 5.41) is 5.77. The highest BCUT2D eigenvalue weighted by Gasteiger charge is 2.10. The Morgan fingerprint density at radius 1 is 1.23 bits per heavy atom. The topological polar surface area (TPSA) is 54.9 Å². The van der Waals surface area contributed by atoms with Crippen LogP contribution >= 0.6 is 33.9 Å². The standard InChI is InChI=1S/C16H12IN3OS/c17-14-6-2-1-5-13(14)15(21)19-9-12-10-22-16(20-12)11-4-3-7-18-8-11/h1-8,10H,9H2,(H,19,21). The zero-order valence-electron chi connectivity index (χ0n) is 11.5. The molecule has 22 heavy (non-hydrogen) atoms. The van der Waals surface area contributed by atoms with Crippen LogP contribution in [0.25, 0.3) is 10.6 Å². The second-order valence-corrected chi connectivity index (χ2v) is 6.57. The van der Waals surface area contributed by atoms with Gasteiger partial charge in [-0.15, -0.1) is 11.3 Å². The molecule has 3 aromatic rings. The third-order valence-corrected chi connectivity index (χ3v) is 4.89. The van der Waals surface area contributed by atoms with Crippen molar-refractivity contribution in [2.75, 3.05) is 0 Å². The Morgan fingerprint density at radius 3 is 2.86 bits per heavy atom. The van der Waals surface area contributed by atoms with Gasteiger partial charge in [0.1, 0.15) is 5.01 Å². The molecule has 2 aromatic heterocycles. The smallest absolute Gasteiger partial charge is 0.252 e. The summed E-state index contributed by atoms with van der Waals surface area (Å²) in [5.41, 5.74) is 2.52. The highest BCUT2D eigenvalue weighted by atomic mass is 127. The number of aromatic nitrogens is 2. The van der Waals surface area contributed by atoms with Crippen molar-refractivity contribution in [1.82, 2.24) is 15.3 Å². The van der Waals surface area contributed by atoms with Gasteiger partial charge in [-0.3, -0.25) is 9.78 Å². The Kier molecular flexibility index (Phi) is 4.79. The second kappa shape index (κ2) is 6.97. The van der Waals surface area contributed by atoms with Crippen LogP contribution in [-0.2, 0) is 6.54 Å². The predicted molar refractivity (Wildman–Crippen MR) is 95.7 cm³/mol. The molecular weight excluding hydrogens is 409 g/mol. The Morgan fingerprint density at radius 2 is 2.09 bits per heavy atom. The predicted octanol–water partition coefficient (Wildman–Crippen LogP) is 3.74. The van der Waals surface area contributed by atoms with Gasteiger partial charge in [0, 0.05) is 26.9 Å². The van der Waals surface area contributed by atoms with Gasteiger partial charge < -0.3 is 5.32 Å². The van der Waals surface area contributed by atoms with Crippen molar-refractivity contribution in [3.05, 3.63) is 69.0 Å². The van der Waals surface area contributed by atoms with E-state index in [1.165, 1.54) is 0 Å². The lowest BCUT2D eigenvalue weighted by molar-refractivity contribution is 0.0949. The highest BCUT2D eigenvalue weighted by Crippen LogP contribution is 2.22. The van der Waals surface area contributed by atoms with Gasteiger partial charge >= 0.3 is 0 Å². The van der Waals surface area contributed by atoms with Gasteiger partial charge in [-0.05, 0) is 46.9 Å². The largest absolute Gasteiger partial charge is 0.346 e. The van der Waals surface area contributed by atoms with Crippen LogP contribution in [0.3, 0.4) is 0 Å². The lowest BCUT2D eigenvalue weighted by atomic mass is 10.2. The minimum atomic E-state index is -0.0825. The molecule has 0 aliphatic heterocycles. The highest BCUT2D eigenvalue weighted by molar-refractivity contribution is 14.1. The van der Waals surface area contributed by atoms with Crippen molar-refractivity contribution in [2.24, 2.45) is 0 Å². The summed E-state index contributed by atoms with van der Waals surface area (Å²) in [6.45, 7) is 0.417. The SMILES string of the molecule is O=C(NCc1csc(-c2cccnc2)n1)c1ccccc1I. The number of amides is 1. The number of thiazole rings is 1. The van der Waals surface area contributed by atoms with Gasteiger partial charge in [-0.1, -0.05) is 12.1 Å². The van der Waals surface area contributed by atoms with E-state index in [1.54, 1.807) is 23.7 Å². The van der Waals surface area contributed by atoms with Crippen molar-refractivity contribution < 1.29 is 4.79 Å². The van der Waals surface area contributed by atoms with Crippen molar-refractivity contribution in [3.8, 4) is 10.6 Å². The number of pyridine rings is 1. The first-order chi connectivity index (χ1) is 10.7. The molecule has 1 N–H and O–H groups in total. The number of carbonyl (C=O) groups excluding carboxylic acids is 1. The summed E-state index contributed by atoms with van der Waals surface area (Å²) in [6.07, 6.45) is 3.52. The fourth-order valence-corrected chi connectivity index (χ4v) is 3.36. The van der Waals surface area contributed by atoms with Gasteiger partial charge in [-0.2, -0.15) is 0 Å². The van der Waals surface area contributed by atoms with Gasteiger partial charge in [0.15, 0.2) is 0 Å². The fourth-order valence-electron chi connectivity index (χ4n) is 1.92. The summed E-state index contributed by atoms with van der Waals surface area (Å²) >= 11 is 3.71. The fraction of sp³-hybridized carbons (Fsp3) is 0.0625. The maximum atomic E-state index is 12.2. The van der Waals surface area contributed by atoms with E-state index in [-0.39, 0.29) is 5.91 Å². The van der Waals surface area contributed by atoms with Crippen LogP contribution in [0, 0.1) is 3.57 Å². The summed E-state index contributed by atoms with van der Waals surface area (Å²) in [6, 6.07) is 11.4. The van der Waals surface area contributed by atoms with E-state index in [0.717, 1.165) is 19.8 Å². The quantitative estimate of drug-likeness (QED) is 0.654. The van der Waals surface area contributed by atoms with E-state index >= 15 is 0 Å². The molecule has 110 valence electrons. The molecule has 0 aliphatic rings. The monoisotopic (exact) mass is 421 g/mol. The molecule has 3 rings (SSSR count). The molecule has 0 unspecified atom stereocenters. The van der Waals surface area contributed by atoms with Crippen LogP contribution in [0.2, 0.25) is 0 Å². The number of rotatable bonds is 4. The molecule has 0 spiro atoms. The molecule has 0 aliphatic carbocycles. The molecule has 1 aromatic carbocycles. The van der Waals surface area contributed by atoms with Gasteiger partial charge in [0.2, 0.25) is 0 Å². The number of nitrogens with one attached hydrogen (secondary N) is 1. The molecule has 1 amide bonds. The van der Waals surface area contributed by atoms with Crippen LogP contribution in [0.5, 0.6) is 0 Å². The van der Waals surface area contributed by atoms with Gasteiger partial charge in [0.25, 0.3) is 5.91 Å². The summed E-state index contributed by atoms with van der Waals surface area (Å²) in [5.74, 6) is -0.0825. The first-order valence-electron chi connectivity index (χ1n) is 6.61. The minimum absolute atomic E-state index is 0.0825. The molecule has 0 saturated heterocycles. The molecule has 4 nitrogen and oxygen atoms in total. The average molecular weight is 421 g/mol. The first-order valence-corrected chi connectivity index (χ1v) is 8.57. The Labute approximate surface area is 145 Å². The third kappa shape index (κ3) is 3.50. The van der Waals surface area contributed by atoms with E-state index in [9.17, 15) is 4.79 Å². The lowest BCUT2D eigenvalue weighted by Gasteiger charge is -2.05. The number of hydrogen-bond acceptors (Lipinski definition) is 4. The number of hydrogen-bond donors (Lipinski definition) is 1. The summed E-state index contributed by atoms with van der Waals surface area (Å²) in [4.78, 5) is 20.8. The van der Waals surface area contributed by atoms with E-state index in [0.29, 0.717) is 12.1 Å². The van der Waals surface area contributed by atoms with Gasteiger partial charge in [0.05, 0.1) is 17.8 Å². The summed E-state index contributed by atoms with van der Waals surface area (Å²) < 4.78 is 0.937. The maximum Gasteiger partial charge on any atom is 0.252 e. The second-order valence-electron chi connectivity index (χ2n) is 4.55. The average Bonchev–Trinajstić information content (AvgIpc) is 3.03. The number of benzene rings is 1. The molecule has 6 heteroatoms. The van der Waals surface area contributed by atoms with Gasteiger partial charge in [-0.25, -0.2) is 4.98 Å². The molecular formula is C16H12IN3OS. The molecule has 0 radical (unpaired) electrons. The third-order valence-electron chi connectivity index (χ3n) is 3.01. The van der Waals surface area contributed by atoms with Crippen LogP contribution in [0.15, 0.2) is 54.2 Å². The van der Waals surface area contributed by atoms with Crippen LogP contribution in [0.1, 0.15) is 16.1 Å². The number of carbonyl (C=O) groups is 1. The minimum Gasteiger partial charge on any atom is -0.346 e. The molecule has 0 saturated carbocycles. The summed E-state index contributed by atoms with van der Waals surface area (Å²) in [7, 11) is 0. The van der Waals surface area contributed by atoms with Crippen molar-refractivity contribution in [3.63, 3.8) is 0 Å². The van der Waals surface area contributed by atoms with Crippen molar-refractivity contribution >= 4 is 39.8 Å². The van der Waals surface area contributed by atoms with E-state index in [4.69, 9.17) is 0 Å². The van der Waals surface area contributed by atoms with E-state index < -0.39 is 0 Å². The van der Waals surface area contributed by atoms with Crippen molar-refractivity contribution in [2.45, 2.75) is 6.54 Å². The number of nitrogens with zero attached hydrogens (tertiary/aromatic N) is 2. The van der Waals surface area contributed by atoms with Crippen molar-refractivity contribution in [1.29, 1.82) is 0 Å². The Bertz CT molecular complexity index is 789. The molecule has 0 atom stereocenters. The maximum absolute atomic E-state index is 12.2. The Balaban J connectivity index is 1.67. The normalized spacial score (nSPS) is 10.4. The van der Waals surface area contributed by atoms with Crippen LogP contribution < -0.4 is 5.32 Å². The first kappa shape index (κ1) is 15.1. The van der Waals surface area contributed by atoms with E-state index in [1.807, 2.05) is 41.8 Å². The van der Waals surface area contributed by atoms with Crippen LogP contribution in [0.4, 0.5) is 0 Å². The zero-order chi connectivity index (χ0) is 15.4. The number of halogens is 1. The molecule has 0 bridgehead atoms. The molecule has 0 fully saturated rings. The lowest BCUT2D eigenvalue weighted by Crippen LogP contribution is -2.23. The van der Waals surface area contributed by atoms with E-state index in [2.05, 4.69) is 37.9 Å². The Hall–Kier alpha value is -1.80.